The maximum Gasteiger partial charge on any atom is 0.417 e. The SMILES string of the molecule is O=C(NCC1CCC(OCCc2ccccc2)CC1)c1ccc2[nH]c(=O)oc2c1. The zero-order chi connectivity index (χ0) is 20.1. The number of oxazole rings is 1. The minimum atomic E-state index is -0.514. The van der Waals surface area contributed by atoms with Crippen LogP contribution in [0.2, 0.25) is 0 Å². The summed E-state index contributed by atoms with van der Waals surface area (Å²) >= 11 is 0. The maximum atomic E-state index is 12.4. The topological polar surface area (TPSA) is 84.3 Å². The lowest BCUT2D eigenvalue weighted by molar-refractivity contribution is 0.0199. The largest absolute Gasteiger partial charge is 0.417 e. The zero-order valence-corrected chi connectivity index (χ0v) is 16.4. The molecule has 6 nitrogen and oxygen atoms in total. The predicted molar refractivity (Wildman–Crippen MR) is 111 cm³/mol. The van der Waals surface area contributed by atoms with Crippen molar-refractivity contribution >= 4 is 17.0 Å². The smallest absolute Gasteiger partial charge is 0.408 e. The summed E-state index contributed by atoms with van der Waals surface area (Å²) in [6.07, 6.45) is 5.46. The van der Waals surface area contributed by atoms with Gasteiger partial charge in [0.1, 0.15) is 0 Å². The third-order valence-electron chi connectivity index (χ3n) is 5.62. The highest BCUT2D eigenvalue weighted by Crippen LogP contribution is 2.26. The molecule has 0 radical (unpaired) electrons. The number of carbonyl (C=O) groups is 1. The Labute approximate surface area is 169 Å². The summed E-state index contributed by atoms with van der Waals surface area (Å²) in [7, 11) is 0. The third kappa shape index (κ3) is 5.15. The quantitative estimate of drug-likeness (QED) is 0.640. The molecule has 152 valence electrons. The van der Waals surface area contributed by atoms with Gasteiger partial charge < -0.3 is 14.5 Å². The van der Waals surface area contributed by atoms with E-state index in [-0.39, 0.29) is 5.91 Å². The third-order valence-corrected chi connectivity index (χ3v) is 5.62. The van der Waals surface area contributed by atoms with Crippen LogP contribution in [-0.2, 0) is 11.2 Å². The van der Waals surface area contributed by atoms with Gasteiger partial charge in [-0.2, -0.15) is 0 Å². The van der Waals surface area contributed by atoms with Crippen molar-refractivity contribution in [3.63, 3.8) is 0 Å². The van der Waals surface area contributed by atoms with Crippen molar-refractivity contribution < 1.29 is 13.9 Å². The van der Waals surface area contributed by atoms with Crippen molar-refractivity contribution in [1.29, 1.82) is 0 Å². The van der Waals surface area contributed by atoms with Crippen molar-refractivity contribution in [3.8, 4) is 0 Å². The summed E-state index contributed by atoms with van der Waals surface area (Å²) in [4.78, 5) is 26.2. The molecule has 29 heavy (non-hydrogen) atoms. The van der Waals surface area contributed by atoms with Crippen LogP contribution >= 0.6 is 0 Å². The molecular weight excluding hydrogens is 368 g/mol. The highest BCUT2D eigenvalue weighted by atomic mass is 16.5. The molecule has 0 unspecified atom stereocenters. The predicted octanol–water partition coefficient (Wildman–Crippen LogP) is 3.67. The molecule has 1 amide bonds. The van der Waals surface area contributed by atoms with Crippen LogP contribution in [0, 0.1) is 5.92 Å². The first kappa shape index (κ1) is 19.5. The molecule has 1 aromatic heterocycles. The molecule has 2 N–H and O–H groups in total. The van der Waals surface area contributed by atoms with Crippen LogP contribution < -0.4 is 11.1 Å². The number of aromatic nitrogens is 1. The molecule has 1 fully saturated rings. The summed E-state index contributed by atoms with van der Waals surface area (Å²) in [5, 5.41) is 3.01. The molecule has 6 heteroatoms. The Morgan fingerprint density at radius 3 is 2.69 bits per heavy atom. The number of H-pyrrole nitrogens is 1. The number of ether oxygens (including phenoxy) is 1. The Morgan fingerprint density at radius 1 is 1.10 bits per heavy atom. The van der Waals surface area contributed by atoms with E-state index in [1.165, 1.54) is 5.56 Å². The van der Waals surface area contributed by atoms with Crippen molar-refractivity contribution in [1.82, 2.24) is 10.3 Å². The van der Waals surface area contributed by atoms with Gasteiger partial charge in [0.25, 0.3) is 5.91 Å². The minimum absolute atomic E-state index is 0.142. The Bertz CT molecular complexity index is 1000. The first-order chi connectivity index (χ1) is 14.2. The van der Waals surface area contributed by atoms with E-state index in [4.69, 9.17) is 9.15 Å². The van der Waals surface area contributed by atoms with E-state index in [9.17, 15) is 9.59 Å². The van der Waals surface area contributed by atoms with E-state index in [0.29, 0.717) is 35.2 Å². The normalized spacial score (nSPS) is 19.3. The number of nitrogens with one attached hydrogen (secondary N) is 2. The van der Waals surface area contributed by atoms with Crippen molar-refractivity contribution in [2.45, 2.75) is 38.2 Å². The summed E-state index contributed by atoms with van der Waals surface area (Å²) in [5.74, 6) is -0.181. The lowest BCUT2D eigenvalue weighted by Gasteiger charge is -2.28. The molecule has 0 atom stereocenters. The van der Waals surface area contributed by atoms with Crippen molar-refractivity contribution in [3.05, 3.63) is 70.2 Å². The number of hydrogen-bond donors (Lipinski definition) is 2. The summed E-state index contributed by atoms with van der Waals surface area (Å²) in [5.41, 5.74) is 2.80. The fourth-order valence-corrected chi connectivity index (χ4v) is 3.92. The van der Waals surface area contributed by atoms with Crippen LogP contribution in [-0.4, -0.2) is 30.1 Å². The van der Waals surface area contributed by atoms with Gasteiger partial charge in [-0.25, -0.2) is 4.79 Å². The van der Waals surface area contributed by atoms with E-state index in [1.54, 1.807) is 18.2 Å². The Kier molecular flexibility index (Phi) is 6.10. The number of hydrogen-bond acceptors (Lipinski definition) is 4. The highest BCUT2D eigenvalue weighted by Gasteiger charge is 2.22. The highest BCUT2D eigenvalue weighted by molar-refractivity contribution is 5.96. The number of fused-ring (bicyclic) bond motifs is 1. The van der Waals surface area contributed by atoms with Crippen molar-refractivity contribution in [2.24, 2.45) is 5.92 Å². The molecule has 2 aromatic carbocycles. The average molecular weight is 394 g/mol. The number of amides is 1. The van der Waals surface area contributed by atoms with Crippen LogP contribution in [0.25, 0.3) is 11.1 Å². The van der Waals surface area contributed by atoms with Gasteiger partial charge in [-0.1, -0.05) is 30.3 Å². The van der Waals surface area contributed by atoms with Gasteiger partial charge in [-0.05, 0) is 61.8 Å². The second-order valence-corrected chi connectivity index (χ2v) is 7.68. The standard InChI is InChI=1S/C23H26N2O4/c26-22(18-8-11-20-21(14-18)29-23(27)25-20)24-15-17-6-9-19(10-7-17)28-13-12-16-4-2-1-3-5-16/h1-5,8,11,14,17,19H,6-7,9-10,12-13,15H2,(H,24,26)(H,25,27). The van der Waals surface area contributed by atoms with Gasteiger partial charge in [-0.15, -0.1) is 0 Å². The van der Waals surface area contributed by atoms with Gasteiger partial charge >= 0.3 is 5.76 Å². The fraction of sp³-hybridized carbons (Fsp3) is 0.391. The Morgan fingerprint density at radius 2 is 1.90 bits per heavy atom. The van der Waals surface area contributed by atoms with Gasteiger partial charge in [0.15, 0.2) is 5.58 Å². The molecule has 0 bridgehead atoms. The van der Waals surface area contributed by atoms with Gasteiger partial charge in [0.05, 0.1) is 18.2 Å². The molecule has 0 aliphatic heterocycles. The second kappa shape index (κ2) is 9.09. The van der Waals surface area contributed by atoms with Crippen molar-refractivity contribution in [2.75, 3.05) is 13.2 Å². The molecule has 4 rings (SSSR count). The fourth-order valence-electron chi connectivity index (χ4n) is 3.92. The van der Waals surface area contributed by atoms with E-state index >= 15 is 0 Å². The summed E-state index contributed by atoms with van der Waals surface area (Å²) < 4.78 is 11.1. The molecule has 0 saturated heterocycles. The van der Waals surface area contributed by atoms with E-state index in [2.05, 4.69) is 34.6 Å². The number of carbonyl (C=O) groups excluding carboxylic acids is 1. The Hall–Kier alpha value is -2.86. The van der Waals surface area contributed by atoms with Crippen LogP contribution in [0.15, 0.2) is 57.7 Å². The molecule has 1 aliphatic rings. The lowest BCUT2D eigenvalue weighted by Crippen LogP contribution is -2.32. The number of aromatic amines is 1. The van der Waals surface area contributed by atoms with Crippen LogP contribution in [0.5, 0.6) is 0 Å². The molecule has 1 heterocycles. The molecule has 0 spiro atoms. The summed E-state index contributed by atoms with van der Waals surface area (Å²) in [6.45, 7) is 1.42. The molecule has 1 aliphatic carbocycles. The van der Waals surface area contributed by atoms with Crippen LogP contribution in [0.3, 0.4) is 0 Å². The van der Waals surface area contributed by atoms with Crippen LogP contribution in [0.1, 0.15) is 41.6 Å². The monoisotopic (exact) mass is 394 g/mol. The summed E-state index contributed by atoms with van der Waals surface area (Å²) in [6, 6.07) is 15.4. The number of rotatable bonds is 7. The van der Waals surface area contributed by atoms with E-state index in [0.717, 1.165) is 38.7 Å². The Balaban J connectivity index is 1.18. The first-order valence-electron chi connectivity index (χ1n) is 10.2. The number of benzene rings is 2. The van der Waals surface area contributed by atoms with Gasteiger partial charge in [0.2, 0.25) is 0 Å². The second-order valence-electron chi connectivity index (χ2n) is 7.68. The minimum Gasteiger partial charge on any atom is -0.408 e. The molecule has 3 aromatic rings. The van der Waals surface area contributed by atoms with Crippen LogP contribution in [0.4, 0.5) is 0 Å². The first-order valence-corrected chi connectivity index (χ1v) is 10.2. The van der Waals surface area contributed by atoms with E-state index < -0.39 is 5.76 Å². The lowest BCUT2D eigenvalue weighted by atomic mass is 9.87. The van der Waals surface area contributed by atoms with Gasteiger partial charge in [-0.3, -0.25) is 9.78 Å². The molecule has 1 saturated carbocycles. The van der Waals surface area contributed by atoms with E-state index in [1.807, 2.05) is 6.07 Å². The average Bonchev–Trinajstić information content (AvgIpc) is 3.13. The molecular formula is C23H26N2O4. The zero-order valence-electron chi connectivity index (χ0n) is 16.4. The maximum absolute atomic E-state index is 12.4. The van der Waals surface area contributed by atoms with Gasteiger partial charge in [0, 0.05) is 12.1 Å².